The molecule has 2 heterocycles. The lowest BCUT2D eigenvalue weighted by molar-refractivity contribution is 0.589. The number of hydrogen-bond donors (Lipinski definition) is 0. The van der Waals surface area contributed by atoms with Crippen LogP contribution in [0.1, 0.15) is 129 Å². The second-order valence-corrected chi connectivity index (χ2v) is 27.8. The lowest BCUT2D eigenvalue weighted by Crippen LogP contribution is -2.61. The normalized spacial score (nSPS) is 15.1. The molecule has 4 aliphatic rings. The largest absolute Gasteiger partial charge is 0.311 e. The van der Waals surface area contributed by atoms with Gasteiger partial charge in [-0.3, -0.25) is 0 Å². The van der Waals surface area contributed by atoms with E-state index in [1.165, 1.54) is 139 Å². The molecular formula is C78H73BN2. The molecule has 0 radical (unpaired) electrons. The van der Waals surface area contributed by atoms with Gasteiger partial charge in [-0.2, -0.15) is 0 Å². The van der Waals surface area contributed by atoms with E-state index in [1.54, 1.807) is 0 Å². The summed E-state index contributed by atoms with van der Waals surface area (Å²) in [6.45, 7) is 30.7. The van der Waals surface area contributed by atoms with Crippen molar-refractivity contribution in [2.24, 2.45) is 0 Å². The summed E-state index contributed by atoms with van der Waals surface area (Å²) in [5.74, 6) is 0. The summed E-state index contributed by atoms with van der Waals surface area (Å²) in [4.78, 5) is 5.28. The minimum absolute atomic E-state index is 0.0257. The highest BCUT2D eigenvalue weighted by Gasteiger charge is 2.46. The quantitative estimate of drug-likeness (QED) is 0.159. The molecule has 81 heavy (non-hydrogen) atoms. The van der Waals surface area contributed by atoms with Gasteiger partial charge in [-0.05, 0) is 170 Å². The van der Waals surface area contributed by atoms with Crippen LogP contribution in [0.15, 0.2) is 206 Å². The van der Waals surface area contributed by atoms with Crippen LogP contribution >= 0.6 is 0 Å². The molecule has 2 aliphatic carbocycles. The van der Waals surface area contributed by atoms with Gasteiger partial charge in [0.1, 0.15) is 0 Å². The van der Waals surface area contributed by atoms with Crippen LogP contribution in [0.3, 0.4) is 0 Å². The van der Waals surface area contributed by atoms with E-state index >= 15 is 0 Å². The Bertz CT molecular complexity index is 4230. The molecule has 0 N–H and O–H groups in total. The van der Waals surface area contributed by atoms with Gasteiger partial charge in [0, 0.05) is 44.8 Å². The van der Waals surface area contributed by atoms with Gasteiger partial charge < -0.3 is 9.80 Å². The van der Waals surface area contributed by atoms with Crippen LogP contribution in [0.4, 0.5) is 34.1 Å². The Balaban J connectivity index is 1.03. The Morgan fingerprint density at radius 3 is 1.36 bits per heavy atom. The van der Waals surface area contributed by atoms with E-state index in [2.05, 4.69) is 306 Å². The highest BCUT2D eigenvalue weighted by molar-refractivity contribution is 7.00. The fourth-order valence-corrected chi connectivity index (χ4v) is 14.4. The maximum atomic E-state index is 2.65. The Morgan fingerprint density at radius 2 is 0.765 bits per heavy atom. The Hall–Kier alpha value is -8.14. The Labute approximate surface area is 482 Å². The van der Waals surface area contributed by atoms with E-state index in [0.29, 0.717) is 0 Å². The minimum Gasteiger partial charge on any atom is -0.311 e. The molecule has 0 amide bonds. The van der Waals surface area contributed by atoms with E-state index < -0.39 is 0 Å². The molecule has 0 fully saturated rings. The summed E-state index contributed by atoms with van der Waals surface area (Å²) in [6.07, 6.45) is 0. The van der Waals surface area contributed by atoms with E-state index in [9.17, 15) is 0 Å². The molecule has 0 saturated heterocycles. The zero-order chi connectivity index (χ0) is 56.3. The summed E-state index contributed by atoms with van der Waals surface area (Å²) < 4.78 is 0. The van der Waals surface area contributed by atoms with Gasteiger partial charge in [0.2, 0.25) is 0 Å². The number of rotatable bonds is 5. The highest BCUT2D eigenvalue weighted by atomic mass is 15.2. The second kappa shape index (κ2) is 17.7. The van der Waals surface area contributed by atoms with Gasteiger partial charge in [0.25, 0.3) is 6.71 Å². The predicted octanol–water partition coefficient (Wildman–Crippen LogP) is 19.3. The van der Waals surface area contributed by atoms with Crippen LogP contribution < -0.4 is 26.2 Å². The summed E-state index contributed by atoms with van der Waals surface area (Å²) in [6, 6.07) is 79.8. The van der Waals surface area contributed by atoms with E-state index in [-0.39, 0.29) is 33.8 Å². The van der Waals surface area contributed by atoms with Gasteiger partial charge in [0.05, 0.1) is 5.69 Å². The zero-order valence-electron chi connectivity index (χ0n) is 49.6. The number of nitrogens with zero attached hydrogens (tertiary/aromatic N) is 2. The standard InChI is InChI=1S/C78H73BN2/c1-74(2,3)51-37-42-67-65(44-51)79-64-40-36-52(75(4,5)6)45-68(64)80(54-38-33-49(34-39-54)55-27-21-31-62-71(55)57-25-17-19-29-60(57)77(62,10)11)69-46-53(76(7,8)9)47-70(73(69)79)81(67)66-41-35-50(43-59(66)48-23-15-14-16-24-48)56-28-22-32-63-72(56)58-26-18-20-30-61(58)78(63,12)13/h14-47H,1-13H3. The fourth-order valence-electron chi connectivity index (χ4n) is 14.4. The molecule has 0 bridgehead atoms. The molecule has 3 heteroatoms. The maximum Gasteiger partial charge on any atom is 0.252 e. The third-order valence-electron chi connectivity index (χ3n) is 19.0. The number of fused-ring (bicyclic) bond motifs is 10. The van der Waals surface area contributed by atoms with Gasteiger partial charge >= 0.3 is 0 Å². The molecule has 0 aromatic heterocycles. The van der Waals surface area contributed by atoms with Crippen molar-refractivity contribution in [2.45, 2.75) is 117 Å². The van der Waals surface area contributed by atoms with E-state index in [4.69, 9.17) is 0 Å². The monoisotopic (exact) mass is 1050 g/mol. The first-order chi connectivity index (χ1) is 38.6. The molecular weight excluding hydrogens is 976 g/mol. The summed E-state index contributed by atoms with van der Waals surface area (Å²) >= 11 is 0. The molecule has 14 rings (SSSR count). The average molecular weight is 1050 g/mol. The van der Waals surface area contributed by atoms with Gasteiger partial charge in [-0.1, -0.05) is 248 Å². The van der Waals surface area contributed by atoms with Gasteiger partial charge in [-0.15, -0.1) is 0 Å². The molecule has 0 unspecified atom stereocenters. The first kappa shape index (κ1) is 51.0. The highest BCUT2D eigenvalue weighted by Crippen LogP contribution is 2.56. The predicted molar refractivity (Wildman–Crippen MR) is 348 cm³/mol. The van der Waals surface area contributed by atoms with Crippen molar-refractivity contribution in [2.75, 3.05) is 9.80 Å². The molecule has 0 saturated carbocycles. The first-order valence-corrected chi connectivity index (χ1v) is 29.5. The summed E-state index contributed by atoms with van der Waals surface area (Å²) in [5, 5.41) is 0. The van der Waals surface area contributed by atoms with Crippen LogP contribution in [0, 0.1) is 0 Å². The van der Waals surface area contributed by atoms with Gasteiger partial charge in [-0.25, -0.2) is 0 Å². The van der Waals surface area contributed by atoms with Crippen molar-refractivity contribution >= 4 is 57.2 Å². The first-order valence-electron chi connectivity index (χ1n) is 29.5. The Morgan fingerprint density at radius 1 is 0.309 bits per heavy atom. The van der Waals surface area contributed by atoms with Crippen molar-refractivity contribution in [1.29, 1.82) is 0 Å². The third-order valence-corrected chi connectivity index (χ3v) is 19.0. The molecule has 2 aliphatic heterocycles. The molecule has 398 valence electrons. The van der Waals surface area contributed by atoms with E-state index in [0.717, 1.165) is 5.69 Å². The van der Waals surface area contributed by atoms with E-state index in [1.807, 2.05) is 0 Å². The summed E-state index contributed by atoms with van der Waals surface area (Å²) in [7, 11) is 0. The van der Waals surface area contributed by atoms with Crippen LogP contribution in [-0.4, -0.2) is 6.71 Å². The molecule has 0 spiro atoms. The smallest absolute Gasteiger partial charge is 0.252 e. The second-order valence-electron chi connectivity index (χ2n) is 27.8. The van der Waals surface area contributed by atoms with Crippen molar-refractivity contribution in [3.05, 3.63) is 245 Å². The maximum absolute atomic E-state index is 2.65. The van der Waals surface area contributed by atoms with Crippen molar-refractivity contribution in [3.63, 3.8) is 0 Å². The average Bonchev–Trinajstić information content (AvgIpc) is 2.17. The van der Waals surface area contributed by atoms with Gasteiger partial charge in [0.15, 0.2) is 0 Å². The molecule has 2 nitrogen and oxygen atoms in total. The van der Waals surface area contributed by atoms with Crippen LogP contribution in [0.2, 0.25) is 0 Å². The zero-order valence-corrected chi connectivity index (χ0v) is 49.6. The topological polar surface area (TPSA) is 6.48 Å². The van der Waals surface area contributed by atoms with Crippen LogP contribution in [0.5, 0.6) is 0 Å². The third kappa shape index (κ3) is 7.74. The van der Waals surface area contributed by atoms with Crippen molar-refractivity contribution < 1.29 is 0 Å². The number of benzene rings is 10. The fraction of sp³-hybridized carbons (Fsp3) is 0.231. The molecule has 10 aromatic rings. The minimum atomic E-state index is -0.173. The SMILES string of the molecule is CC(C)(C)c1ccc2c(c1)B1c3ccc(C(C)(C)C)cc3N(c3ccc(-c4cccc5c4-c4ccccc4C5(C)C)cc3)c3cc(C(C)(C)C)cc(c31)N2c1ccc(-c2cccc3c2-c2ccccc2C3(C)C)cc1-c1ccccc1. The number of anilines is 6. The Kier molecular flexibility index (Phi) is 11.1. The van der Waals surface area contributed by atoms with Crippen molar-refractivity contribution in [3.8, 4) is 55.6 Å². The lowest BCUT2D eigenvalue weighted by Gasteiger charge is -2.46. The number of hydrogen-bond acceptors (Lipinski definition) is 2. The summed E-state index contributed by atoms with van der Waals surface area (Å²) in [5.41, 5.74) is 33.1. The molecule has 10 aromatic carbocycles. The van der Waals surface area contributed by atoms with Crippen molar-refractivity contribution in [1.82, 2.24) is 0 Å². The molecule has 0 atom stereocenters. The van der Waals surface area contributed by atoms with Crippen LogP contribution in [0.25, 0.3) is 55.6 Å². The lowest BCUT2D eigenvalue weighted by atomic mass is 9.33. The van der Waals surface area contributed by atoms with Crippen LogP contribution in [-0.2, 0) is 27.1 Å².